The fourth-order valence-electron chi connectivity index (χ4n) is 3.88. The number of morpholine rings is 1. The number of amides is 2. The molecule has 0 spiro atoms. The molecule has 0 radical (unpaired) electrons. The van der Waals surface area contributed by atoms with Gasteiger partial charge in [-0.15, -0.1) is 0 Å². The third-order valence-corrected chi connectivity index (χ3v) is 5.32. The summed E-state index contributed by atoms with van der Waals surface area (Å²) < 4.78 is 7.71. The number of aryl methyl sites for hydroxylation is 2. The highest BCUT2D eigenvalue weighted by atomic mass is 16.5. The van der Waals surface area contributed by atoms with Crippen LogP contribution in [0, 0.1) is 13.8 Å². The van der Waals surface area contributed by atoms with Crippen molar-refractivity contribution in [3.63, 3.8) is 0 Å². The molecule has 0 saturated carbocycles. The lowest BCUT2D eigenvalue weighted by molar-refractivity contribution is -0.0285. The Kier molecular flexibility index (Phi) is 6.64. The average Bonchev–Trinajstić information content (AvgIpc) is 3.11. The molecule has 1 unspecified atom stereocenters. The summed E-state index contributed by atoms with van der Waals surface area (Å²) in [5.74, 6) is 0. The predicted octanol–water partition coefficient (Wildman–Crippen LogP) is 3.51. The number of ether oxygens (including phenoxy) is 1. The Hall–Kier alpha value is -3.16. The molecule has 1 saturated heterocycles. The molecular formula is C24H29N5O2. The zero-order valence-corrected chi connectivity index (χ0v) is 18.0. The van der Waals surface area contributed by atoms with Crippen LogP contribution in [-0.4, -0.2) is 53.1 Å². The molecule has 7 nitrogen and oxygen atoms in total. The van der Waals surface area contributed by atoms with Crippen molar-refractivity contribution >= 4 is 11.7 Å². The monoisotopic (exact) mass is 419 g/mol. The summed E-state index contributed by atoms with van der Waals surface area (Å²) in [7, 11) is 0. The van der Waals surface area contributed by atoms with E-state index in [0.29, 0.717) is 13.2 Å². The number of nitrogens with one attached hydrogen (secondary N) is 2. The van der Waals surface area contributed by atoms with Crippen molar-refractivity contribution in [3.05, 3.63) is 77.6 Å². The highest BCUT2D eigenvalue weighted by Crippen LogP contribution is 2.17. The lowest BCUT2D eigenvalue weighted by Gasteiger charge is -2.33. The number of hydrogen-bond donors (Lipinski definition) is 2. The van der Waals surface area contributed by atoms with Crippen molar-refractivity contribution in [1.82, 2.24) is 20.0 Å². The highest BCUT2D eigenvalue weighted by molar-refractivity contribution is 5.89. The van der Waals surface area contributed by atoms with Crippen LogP contribution in [0.5, 0.6) is 0 Å². The van der Waals surface area contributed by atoms with Gasteiger partial charge in [0.05, 0.1) is 24.1 Å². The van der Waals surface area contributed by atoms with Crippen LogP contribution in [0.1, 0.15) is 17.0 Å². The molecule has 1 atom stereocenters. The van der Waals surface area contributed by atoms with Gasteiger partial charge in [0.1, 0.15) is 0 Å². The molecule has 1 fully saturated rings. The summed E-state index contributed by atoms with van der Waals surface area (Å²) in [4.78, 5) is 14.8. The number of anilines is 1. The number of urea groups is 1. The van der Waals surface area contributed by atoms with Crippen LogP contribution in [0.15, 0.2) is 60.7 Å². The Balaban J connectivity index is 1.28. The Morgan fingerprint density at radius 3 is 2.74 bits per heavy atom. The molecule has 1 aliphatic rings. The Bertz CT molecular complexity index is 1020. The van der Waals surface area contributed by atoms with Crippen LogP contribution >= 0.6 is 0 Å². The number of benzene rings is 2. The topological polar surface area (TPSA) is 71.4 Å². The lowest BCUT2D eigenvalue weighted by Crippen LogP contribution is -2.47. The van der Waals surface area contributed by atoms with Gasteiger partial charge in [0, 0.05) is 37.6 Å². The van der Waals surface area contributed by atoms with E-state index >= 15 is 0 Å². The summed E-state index contributed by atoms with van der Waals surface area (Å²) in [5.41, 5.74) is 4.93. The summed E-state index contributed by atoms with van der Waals surface area (Å²) in [6.45, 7) is 7.70. The second-order valence-electron chi connectivity index (χ2n) is 7.94. The molecular weight excluding hydrogens is 390 g/mol. The Morgan fingerprint density at radius 2 is 1.97 bits per heavy atom. The minimum absolute atomic E-state index is 0.0238. The number of carbonyl (C=O) groups is 1. The van der Waals surface area contributed by atoms with E-state index in [1.54, 1.807) is 0 Å². The zero-order valence-electron chi connectivity index (χ0n) is 18.0. The SMILES string of the molecule is Cc1cc(C)n(-c2cccc(NC(=O)NCC3CN(Cc4ccccc4)CCO3)c2)n1. The molecule has 7 heteroatoms. The molecule has 2 heterocycles. The maximum absolute atomic E-state index is 12.4. The van der Waals surface area contributed by atoms with Crippen molar-refractivity contribution in [2.45, 2.75) is 26.5 Å². The second kappa shape index (κ2) is 9.76. The molecule has 2 amide bonds. The van der Waals surface area contributed by atoms with Gasteiger partial charge in [-0.25, -0.2) is 9.48 Å². The van der Waals surface area contributed by atoms with Crippen LogP contribution < -0.4 is 10.6 Å². The molecule has 162 valence electrons. The van der Waals surface area contributed by atoms with E-state index in [-0.39, 0.29) is 12.1 Å². The molecule has 1 aliphatic heterocycles. The molecule has 31 heavy (non-hydrogen) atoms. The number of hydrogen-bond acceptors (Lipinski definition) is 4. The van der Waals surface area contributed by atoms with Gasteiger partial charge in [-0.05, 0) is 43.7 Å². The molecule has 2 N–H and O–H groups in total. The van der Waals surface area contributed by atoms with E-state index in [1.165, 1.54) is 5.56 Å². The maximum atomic E-state index is 12.4. The number of carbonyl (C=O) groups excluding carboxylic acids is 1. The highest BCUT2D eigenvalue weighted by Gasteiger charge is 2.21. The van der Waals surface area contributed by atoms with Crippen molar-refractivity contribution in [2.24, 2.45) is 0 Å². The lowest BCUT2D eigenvalue weighted by atomic mass is 10.2. The second-order valence-corrected chi connectivity index (χ2v) is 7.94. The largest absolute Gasteiger partial charge is 0.374 e. The van der Waals surface area contributed by atoms with Gasteiger partial charge in [0.15, 0.2) is 0 Å². The van der Waals surface area contributed by atoms with Gasteiger partial charge < -0.3 is 15.4 Å². The fraction of sp³-hybridized carbons (Fsp3) is 0.333. The van der Waals surface area contributed by atoms with Crippen LogP contribution in [0.2, 0.25) is 0 Å². The zero-order chi connectivity index (χ0) is 21.6. The normalized spacial score (nSPS) is 16.8. The van der Waals surface area contributed by atoms with Gasteiger partial charge in [-0.1, -0.05) is 36.4 Å². The van der Waals surface area contributed by atoms with E-state index in [9.17, 15) is 4.79 Å². The molecule has 2 aromatic carbocycles. The standard InChI is InChI=1S/C24H29N5O2/c1-18-13-19(2)29(27-18)22-10-6-9-21(14-22)26-24(30)25-15-23-17-28(11-12-31-23)16-20-7-4-3-5-8-20/h3-10,13-14,23H,11-12,15-17H2,1-2H3,(H2,25,26,30). The van der Waals surface area contributed by atoms with E-state index in [0.717, 1.165) is 42.4 Å². The van der Waals surface area contributed by atoms with Crippen molar-refractivity contribution < 1.29 is 9.53 Å². The van der Waals surface area contributed by atoms with Gasteiger partial charge in [0.2, 0.25) is 0 Å². The fourth-order valence-corrected chi connectivity index (χ4v) is 3.88. The van der Waals surface area contributed by atoms with E-state index in [1.807, 2.05) is 54.9 Å². The summed E-state index contributed by atoms with van der Waals surface area (Å²) in [5, 5.41) is 10.3. The van der Waals surface area contributed by atoms with E-state index in [2.05, 4.69) is 44.9 Å². The van der Waals surface area contributed by atoms with Gasteiger partial charge >= 0.3 is 6.03 Å². The first-order valence-corrected chi connectivity index (χ1v) is 10.6. The first kappa shape index (κ1) is 21.1. The van der Waals surface area contributed by atoms with Gasteiger partial charge in [0.25, 0.3) is 0 Å². The third-order valence-electron chi connectivity index (χ3n) is 5.32. The Morgan fingerprint density at radius 1 is 1.13 bits per heavy atom. The molecule has 4 rings (SSSR count). The van der Waals surface area contributed by atoms with Crippen LogP contribution in [0.3, 0.4) is 0 Å². The maximum Gasteiger partial charge on any atom is 0.319 e. The predicted molar refractivity (Wildman–Crippen MR) is 122 cm³/mol. The van der Waals surface area contributed by atoms with Crippen molar-refractivity contribution in [1.29, 1.82) is 0 Å². The first-order chi connectivity index (χ1) is 15.1. The van der Waals surface area contributed by atoms with Crippen LogP contribution in [0.25, 0.3) is 5.69 Å². The average molecular weight is 420 g/mol. The summed E-state index contributed by atoms with van der Waals surface area (Å²) in [6, 6.07) is 19.9. The summed E-state index contributed by atoms with van der Waals surface area (Å²) >= 11 is 0. The summed E-state index contributed by atoms with van der Waals surface area (Å²) in [6.07, 6.45) is -0.0238. The third kappa shape index (κ3) is 5.71. The molecule has 0 bridgehead atoms. The van der Waals surface area contributed by atoms with E-state index < -0.39 is 0 Å². The van der Waals surface area contributed by atoms with Crippen molar-refractivity contribution in [2.75, 3.05) is 31.6 Å². The Labute approximate surface area is 183 Å². The minimum atomic E-state index is -0.241. The number of aromatic nitrogens is 2. The number of rotatable bonds is 6. The smallest absolute Gasteiger partial charge is 0.319 e. The van der Waals surface area contributed by atoms with Crippen LogP contribution in [0.4, 0.5) is 10.5 Å². The van der Waals surface area contributed by atoms with E-state index in [4.69, 9.17) is 4.74 Å². The molecule has 3 aromatic rings. The van der Waals surface area contributed by atoms with Gasteiger partial charge in [-0.2, -0.15) is 5.10 Å². The van der Waals surface area contributed by atoms with Crippen LogP contribution in [-0.2, 0) is 11.3 Å². The van der Waals surface area contributed by atoms with Crippen molar-refractivity contribution in [3.8, 4) is 5.69 Å². The molecule has 1 aromatic heterocycles. The quantitative estimate of drug-likeness (QED) is 0.641. The minimum Gasteiger partial charge on any atom is -0.374 e. The molecule has 0 aliphatic carbocycles. The van der Waals surface area contributed by atoms with Gasteiger partial charge in [-0.3, -0.25) is 4.90 Å². The number of nitrogens with zero attached hydrogens (tertiary/aromatic N) is 3. The first-order valence-electron chi connectivity index (χ1n) is 10.6.